The van der Waals surface area contributed by atoms with Gasteiger partial charge in [0, 0.05) is 12.1 Å². The van der Waals surface area contributed by atoms with Crippen molar-refractivity contribution >= 4 is 0 Å². The van der Waals surface area contributed by atoms with Crippen LogP contribution in [0, 0.1) is 18.6 Å². The van der Waals surface area contributed by atoms with E-state index in [0.717, 1.165) is 5.56 Å². The largest absolute Gasteiger partial charge is 0.326 e. The highest BCUT2D eigenvalue weighted by Gasteiger charge is 2.07. The van der Waals surface area contributed by atoms with Gasteiger partial charge >= 0.3 is 0 Å². The van der Waals surface area contributed by atoms with Crippen LogP contribution < -0.4 is 5.73 Å². The fourth-order valence-electron chi connectivity index (χ4n) is 1.73. The summed E-state index contributed by atoms with van der Waals surface area (Å²) in [4.78, 5) is 0. The summed E-state index contributed by atoms with van der Waals surface area (Å²) in [6.07, 6.45) is 0. The van der Waals surface area contributed by atoms with Gasteiger partial charge in [-0.2, -0.15) is 0 Å². The Morgan fingerprint density at radius 1 is 1.00 bits per heavy atom. The summed E-state index contributed by atoms with van der Waals surface area (Å²) in [5, 5.41) is 0. The number of halogens is 2. The number of benzene rings is 2. The van der Waals surface area contributed by atoms with E-state index >= 15 is 0 Å². The lowest BCUT2D eigenvalue weighted by Crippen LogP contribution is -1.97. The highest BCUT2D eigenvalue weighted by atomic mass is 19.1. The van der Waals surface area contributed by atoms with Crippen LogP contribution in [-0.2, 0) is 6.54 Å². The van der Waals surface area contributed by atoms with E-state index in [2.05, 4.69) is 0 Å². The molecule has 0 unspecified atom stereocenters. The van der Waals surface area contributed by atoms with E-state index in [1.54, 1.807) is 31.2 Å². The summed E-state index contributed by atoms with van der Waals surface area (Å²) < 4.78 is 26.9. The first-order chi connectivity index (χ1) is 8.11. The fraction of sp³-hybridized carbons (Fsp3) is 0.143. The number of hydrogen-bond acceptors (Lipinski definition) is 1. The molecule has 17 heavy (non-hydrogen) atoms. The first-order valence-electron chi connectivity index (χ1n) is 5.37. The molecule has 0 spiro atoms. The zero-order valence-electron chi connectivity index (χ0n) is 9.50. The maximum Gasteiger partial charge on any atom is 0.131 e. The van der Waals surface area contributed by atoms with Crippen molar-refractivity contribution < 1.29 is 8.78 Å². The SMILES string of the molecule is Cc1cc(-c2ccc(CN)cc2F)ccc1F. The van der Waals surface area contributed by atoms with E-state index in [-0.39, 0.29) is 11.6 Å². The highest BCUT2D eigenvalue weighted by Crippen LogP contribution is 2.25. The molecule has 88 valence electrons. The van der Waals surface area contributed by atoms with Crippen molar-refractivity contribution in [1.29, 1.82) is 0 Å². The smallest absolute Gasteiger partial charge is 0.131 e. The Labute approximate surface area is 98.9 Å². The Morgan fingerprint density at radius 2 is 1.76 bits per heavy atom. The second kappa shape index (κ2) is 4.63. The quantitative estimate of drug-likeness (QED) is 0.845. The summed E-state index contributed by atoms with van der Waals surface area (Å²) in [5.74, 6) is -0.619. The summed E-state index contributed by atoms with van der Waals surface area (Å²) in [6, 6.07) is 9.41. The Kier molecular flexibility index (Phi) is 3.20. The molecule has 0 aliphatic heterocycles. The lowest BCUT2D eigenvalue weighted by molar-refractivity contribution is 0.617. The molecule has 2 aromatic carbocycles. The molecule has 2 aromatic rings. The van der Waals surface area contributed by atoms with Crippen LogP contribution in [0.25, 0.3) is 11.1 Å². The molecule has 0 atom stereocenters. The number of nitrogens with two attached hydrogens (primary N) is 1. The summed E-state index contributed by atoms with van der Waals surface area (Å²) in [6.45, 7) is 1.96. The standard InChI is InChI=1S/C14H13F2N/c1-9-6-11(3-5-13(9)15)12-4-2-10(8-17)7-14(12)16/h2-7H,8,17H2,1H3. The van der Waals surface area contributed by atoms with Gasteiger partial charge in [-0.1, -0.05) is 18.2 Å². The molecular formula is C14H13F2N. The zero-order valence-corrected chi connectivity index (χ0v) is 9.50. The minimum atomic E-state index is -0.334. The van der Waals surface area contributed by atoms with Gasteiger partial charge in [0.1, 0.15) is 11.6 Å². The van der Waals surface area contributed by atoms with Crippen molar-refractivity contribution in [1.82, 2.24) is 0 Å². The van der Waals surface area contributed by atoms with Crippen LogP contribution in [0.3, 0.4) is 0 Å². The predicted molar refractivity (Wildman–Crippen MR) is 64.4 cm³/mol. The van der Waals surface area contributed by atoms with Crippen LogP contribution in [-0.4, -0.2) is 0 Å². The van der Waals surface area contributed by atoms with Gasteiger partial charge < -0.3 is 5.73 Å². The third-order valence-corrected chi connectivity index (χ3v) is 2.74. The molecule has 0 saturated carbocycles. The van der Waals surface area contributed by atoms with Gasteiger partial charge in [-0.05, 0) is 41.8 Å². The molecule has 2 rings (SSSR count). The molecule has 1 nitrogen and oxygen atoms in total. The minimum Gasteiger partial charge on any atom is -0.326 e. The molecule has 0 aromatic heterocycles. The second-order valence-electron chi connectivity index (χ2n) is 3.98. The van der Waals surface area contributed by atoms with Crippen LogP contribution >= 0.6 is 0 Å². The minimum absolute atomic E-state index is 0.285. The lowest BCUT2D eigenvalue weighted by Gasteiger charge is -2.07. The summed E-state index contributed by atoms with van der Waals surface area (Å²) in [5.41, 5.74) is 7.81. The normalized spacial score (nSPS) is 10.6. The van der Waals surface area contributed by atoms with Crippen LogP contribution in [0.4, 0.5) is 8.78 Å². The van der Waals surface area contributed by atoms with E-state index in [1.165, 1.54) is 12.1 Å². The first kappa shape index (κ1) is 11.7. The fourth-order valence-corrected chi connectivity index (χ4v) is 1.73. The maximum atomic E-state index is 13.8. The van der Waals surface area contributed by atoms with Gasteiger partial charge in [0.15, 0.2) is 0 Å². The number of rotatable bonds is 2. The Bertz CT molecular complexity index is 550. The number of hydrogen-bond donors (Lipinski definition) is 1. The van der Waals surface area contributed by atoms with Crippen LogP contribution in [0.2, 0.25) is 0 Å². The highest BCUT2D eigenvalue weighted by molar-refractivity contribution is 5.65. The molecule has 0 aliphatic rings. The average molecular weight is 233 g/mol. The lowest BCUT2D eigenvalue weighted by atomic mass is 10.0. The molecule has 0 heterocycles. The van der Waals surface area contributed by atoms with Crippen molar-refractivity contribution in [2.24, 2.45) is 5.73 Å². The Hall–Kier alpha value is -1.74. The third kappa shape index (κ3) is 2.34. The third-order valence-electron chi connectivity index (χ3n) is 2.74. The molecule has 0 saturated heterocycles. The molecule has 0 fully saturated rings. The maximum absolute atomic E-state index is 13.8. The van der Waals surface area contributed by atoms with Gasteiger partial charge in [-0.3, -0.25) is 0 Å². The average Bonchev–Trinajstić information content (AvgIpc) is 2.32. The van der Waals surface area contributed by atoms with E-state index in [4.69, 9.17) is 5.73 Å². The molecule has 0 radical (unpaired) electrons. The van der Waals surface area contributed by atoms with E-state index in [1.807, 2.05) is 0 Å². The predicted octanol–water partition coefficient (Wildman–Crippen LogP) is 3.40. The van der Waals surface area contributed by atoms with Gasteiger partial charge in [0.25, 0.3) is 0 Å². The molecule has 2 N–H and O–H groups in total. The first-order valence-corrected chi connectivity index (χ1v) is 5.37. The van der Waals surface area contributed by atoms with Crippen molar-refractivity contribution in [3.8, 4) is 11.1 Å². The molecular weight excluding hydrogens is 220 g/mol. The molecule has 0 aliphatic carbocycles. The van der Waals surface area contributed by atoms with Crippen molar-refractivity contribution in [2.45, 2.75) is 13.5 Å². The number of aryl methyl sites for hydroxylation is 1. The molecule has 3 heteroatoms. The zero-order chi connectivity index (χ0) is 12.4. The van der Waals surface area contributed by atoms with Crippen molar-refractivity contribution in [2.75, 3.05) is 0 Å². The molecule has 0 bridgehead atoms. The van der Waals surface area contributed by atoms with Crippen LogP contribution in [0.1, 0.15) is 11.1 Å². The monoisotopic (exact) mass is 233 g/mol. The van der Waals surface area contributed by atoms with E-state index in [9.17, 15) is 8.78 Å². The van der Waals surface area contributed by atoms with E-state index < -0.39 is 0 Å². The molecule has 0 amide bonds. The Balaban J connectivity index is 2.49. The van der Waals surface area contributed by atoms with E-state index in [0.29, 0.717) is 23.2 Å². The van der Waals surface area contributed by atoms with Crippen LogP contribution in [0.5, 0.6) is 0 Å². The van der Waals surface area contributed by atoms with Crippen molar-refractivity contribution in [3.05, 3.63) is 59.2 Å². The summed E-state index contributed by atoms with van der Waals surface area (Å²) in [7, 11) is 0. The summed E-state index contributed by atoms with van der Waals surface area (Å²) >= 11 is 0. The Morgan fingerprint density at radius 3 is 2.35 bits per heavy atom. The van der Waals surface area contributed by atoms with Gasteiger partial charge in [-0.15, -0.1) is 0 Å². The van der Waals surface area contributed by atoms with Crippen LogP contribution in [0.15, 0.2) is 36.4 Å². The van der Waals surface area contributed by atoms with Gasteiger partial charge in [0.2, 0.25) is 0 Å². The van der Waals surface area contributed by atoms with Crippen molar-refractivity contribution in [3.63, 3.8) is 0 Å². The van der Waals surface area contributed by atoms with Gasteiger partial charge in [-0.25, -0.2) is 8.78 Å². The topological polar surface area (TPSA) is 26.0 Å². The second-order valence-corrected chi connectivity index (χ2v) is 3.98. The van der Waals surface area contributed by atoms with Gasteiger partial charge in [0.05, 0.1) is 0 Å².